The Bertz CT molecular complexity index is 1080. The number of phenolic OH excluding ortho intramolecular Hbond substituents is 1. The maximum Gasteiger partial charge on any atom is 0.151 e. The Morgan fingerprint density at radius 2 is 1.92 bits per heavy atom. The molecule has 0 aliphatic heterocycles. The summed E-state index contributed by atoms with van der Waals surface area (Å²) < 4.78 is 0.914. The van der Waals surface area contributed by atoms with Crippen LogP contribution in [0.5, 0.6) is 5.75 Å². The van der Waals surface area contributed by atoms with E-state index in [1.807, 2.05) is 30.3 Å². The third kappa shape index (κ3) is 3.07. The van der Waals surface area contributed by atoms with E-state index in [9.17, 15) is 9.90 Å². The number of phenols is 1. The van der Waals surface area contributed by atoms with Gasteiger partial charge in [-0.1, -0.05) is 24.3 Å². The van der Waals surface area contributed by atoms with Crippen LogP contribution >= 0.6 is 11.3 Å². The van der Waals surface area contributed by atoms with Crippen LogP contribution in [-0.4, -0.2) is 21.4 Å². The number of aromatic nitrogens is 2. The van der Waals surface area contributed by atoms with Crippen molar-refractivity contribution >= 4 is 39.3 Å². The molecule has 4 aromatic rings. The number of nitrogens with one attached hydrogen (secondary N) is 1. The summed E-state index contributed by atoms with van der Waals surface area (Å²) in [6.07, 6.45) is 2.34. The molecule has 0 atom stereocenters. The van der Waals surface area contributed by atoms with Crippen molar-refractivity contribution in [1.82, 2.24) is 9.97 Å². The van der Waals surface area contributed by atoms with Gasteiger partial charge in [-0.2, -0.15) is 0 Å². The number of benzene rings is 2. The number of carbonyl (C=O) groups excluding carboxylic acids is 1. The number of hydrogen-bond acceptors (Lipinski definition) is 6. The van der Waals surface area contributed by atoms with Crippen LogP contribution in [0, 0.1) is 0 Å². The molecule has 0 unspecified atom stereocenters. The highest BCUT2D eigenvalue weighted by Gasteiger charge is 2.11. The molecule has 122 valence electrons. The maximum absolute atomic E-state index is 11.0. The zero-order valence-corrected chi connectivity index (χ0v) is 13.8. The van der Waals surface area contributed by atoms with E-state index in [4.69, 9.17) is 0 Å². The van der Waals surface area contributed by atoms with Crippen LogP contribution in [0.25, 0.3) is 20.7 Å². The lowest BCUT2D eigenvalue weighted by molar-refractivity contribution is 0.112. The molecule has 0 fully saturated rings. The van der Waals surface area contributed by atoms with Crippen molar-refractivity contribution in [3.05, 3.63) is 66.5 Å². The zero-order valence-electron chi connectivity index (χ0n) is 13.0. The van der Waals surface area contributed by atoms with Gasteiger partial charge in [0.05, 0.1) is 10.2 Å². The monoisotopic (exact) mass is 347 g/mol. The van der Waals surface area contributed by atoms with Crippen LogP contribution in [0.15, 0.2) is 60.9 Å². The molecule has 25 heavy (non-hydrogen) atoms. The second-order valence-corrected chi connectivity index (χ2v) is 6.52. The number of rotatable bonds is 4. The van der Waals surface area contributed by atoms with Gasteiger partial charge in [0.25, 0.3) is 0 Å². The minimum Gasteiger partial charge on any atom is -0.508 e. The molecule has 0 radical (unpaired) electrons. The number of thiophene rings is 1. The molecular formula is C19H13N3O2S. The van der Waals surface area contributed by atoms with Gasteiger partial charge >= 0.3 is 0 Å². The topological polar surface area (TPSA) is 75.1 Å². The first-order chi connectivity index (χ1) is 12.2. The Morgan fingerprint density at radius 1 is 1.04 bits per heavy atom. The number of aldehydes is 1. The summed E-state index contributed by atoms with van der Waals surface area (Å²) in [5, 5.41) is 12.8. The summed E-state index contributed by atoms with van der Waals surface area (Å²) in [5.74, 6) is 0.867. The van der Waals surface area contributed by atoms with Crippen LogP contribution in [0.1, 0.15) is 10.4 Å². The van der Waals surface area contributed by atoms with Gasteiger partial charge in [0.15, 0.2) is 5.82 Å². The maximum atomic E-state index is 11.0. The van der Waals surface area contributed by atoms with Gasteiger partial charge in [-0.3, -0.25) is 4.79 Å². The van der Waals surface area contributed by atoms with E-state index in [0.29, 0.717) is 11.4 Å². The molecule has 0 amide bonds. The number of aromatic hydroxyl groups is 1. The van der Waals surface area contributed by atoms with Gasteiger partial charge in [-0.05, 0) is 29.8 Å². The van der Waals surface area contributed by atoms with Gasteiger partial charge < -0.3 is 10.4 Å². The van der Waals surface area contributed by atoms with E-state index in [2.05, 4.69) is 15.3 Å². The van der Waals surface area contributed by atoms with E-state index in [1.165, 1.54) is 6.33 Å². The molecule has 2 aromatic carbocycles. The van der Waals surface area contributed by atoms with E-state index < -0.39 is 0 Å². The molecule has 4 rings (SSSR count). The minimum absolute atomic E-state index is 0.188. The Labute approximate surface area is 147 Å². The molecule has 2 aromatic heterocycles. The van der Waals surface area contributed by atoms with E-state index in [-0.39, 0.29) is 5.75 Å². The second kappa shape index (κ2) is 6.33. The van der Waals surface area contributed by atoms with E-state index in [0.717, 1.165) is 32.6 Å². The van der Waals surface area contributed by atoms with Crippen molar-refractivity contribution in [2.45, 2.75) is 0 Å². The summed E-state index contributed by atoms with van der Waals surface area (Å²) in [4.78, 5) is 20.7. The highest BCUT2D eigenvalue weighted by Crippen LogP contribution is 2.36. The Balaban J connectivity index is 1.77. The zero-order chi connectivity index (χ0) is 17.2. The first kappa shape index (κ1) is 15.3. The van der Waals surface area contributed by atoms with Crippen molar-refractivity contribution in [3.8, 4) is 16.2 Å². The Morgan fingerprint density at radius 3 is 2.76 bits per heavy atom. The smallest absolute Gasteiger partial charge is 0.151 e. The molecule has 0 aliphatic rings. The number of fused-ring (bicyclic) bond motifs is 1. The molecule has 5 nitrogen and oxygen atoms in total. The summed E-state index contributed by atoms with van der Waals surface area (Å²) in [7, 11) is 0. The molecule has 0 spiro atoms. The summed E-state index contributed by atoms with van der Waals surface area (Å²) in [5.41, 5.74) is 3.18. The lowest BCUT2D eigenvalue weighted by Gasteiger charge is -2.06. The minimum atomic E-state index is 0.188. The largest absolute Gasteiger partial charge is 0.508 e. The second-order valence-electron chi connectivity index (χ2n) is 5.47. The SMILES string of the molecule is O=Cc1cccc(-c2cc3ncnc(Nc4cccc(O)c4)c3s2)c1. The normalized spacial score (nSPS) is 10.7. The predicted octanol–water partition coefficient (Wildman–Crippen LogP) is 4.62. The number of anilines is 2. The Kier molecular flexibility index (Phi) is 3.87. The fraction of sp³-hybridized carbons (Fsp3) is 0. The molecule has 0 saturated heterocycles. The van der Waals surface area contributed by atoms with Crippen LogP contribution in [0.2, 0.25) is 0 Å². The number of hydrogen-bond donors (Lipinski definition) is 2. The predicted molar refractivity (Wildman–Crippen MR) is 99.6 cm³/mol. The third-order valence-corrected chi connectivity index (χ3v) is 4.91. The number of nitrogens with zero attached hydrogens (tertiary/aromatic N) is 2. The van der Waals surface area contributed by atoms with Gasteiger partial charge in [0.2, 0.25) is 0 Å². The quantitative estimate of drug-likeness (QED) is 0.527. The van der Waals surface area contributed by atoms with Crippen LogP contribution in [0.4, 0.5) is 11.5 Å². The first-order valence-electron chi connectivity index (χ1n) is 7.59. The molecular weight excluding hydrogens is 334 g/mol. The van der Waals surface area contributed by atoms with E-state index in [1.54, 1.807) is 35.6 Å². The number of carbonyl (C=O) groups is 1. The van der Waals surface area contributed by atoms with Gasteiger partial charge in [-0.25, -0.2) is 9.97 Å². The van der Waals surface area contributed by atoms with Crippen molar-refractivity contribution in [1.29, 1.82) is 0 Å². The highest BCUT2D eigenvalue weighted by atomic mass is 32.1. The summed E-state index contributed by atoms with van der Waals surface area (Å²) in [6.45, 7) is 0. The molecule has 0 aliphatic carbocycles. The van der Waals surface area contributed by atoms with Gasteiger partial charge in [0.1, 0.15) is 18.4 Å². The van der Waals surface area contributed by atoms with Crippen molar-refractivity contribution in [2.24, 2.45) is 0 Å². The summed E-state index contributed by atoms with van der Waals surface area (Å²) >= 11 is 1.55. The average molecular weight is 347 g/mol. The molecule has 0 bridgehead atoms. The highest BCUT2D eigenvalue weighted by molar-refractivity contribution is 7.22. The van der Waals surface area contributed by atoms with Gasteiger partial charge in [0, 0.05) is 22.2 Å². The molecule has 2 heterocycles. The average Bonchev–Trinajstić information content (AvgIpc) is 3.07. The third-order valence-electron chi connectivity index (χ3n) is 3.73. The first-order valence-corrected chi connectivity index (χ1v) is 8.41. The van der Waals surface area contributed by atoms with E-state index >= 15 is 0 Å². The lowest BCUT2D eigenvalue weighted by Crippen LogP contribution is -1.93. The fourth-order valence-electron chi connectivity index (χ4n) is 2.57. The van der Waals surface area contributed by atoms with Crippen LogP contribution < -0.4 is 5.32 Å². The van der Waals surface area contributed by atoms with Crippen molar-refractivity contribution < 1.29 is 9.90 Å². The van der Waals surface area contributed by atoms with Crippen molar-refractivity contribution in [2.75, 3.05) is 5.32 Å². The summed E-state index contributed by atoms with van der Waals surface area (Å²) in [6, 6.07) is 16.3. The van der Waals surface area contributed by atoms with Crippen LogP contribution in [-0.2, 0) is 0 Å². The Hall–Kier alpha value is -3.25. The standard InChI is InChI=1S/C19H13N3O2S/c23-10-12-3-1-4-13(7-12)17-9-16-18(25-17)19(21-11-20-16)22-14-5-2-6-15(24)8-14/h1-11,24H,(H,20,21,22). The van der Waals surface area contributed by atoms with Crippen molar-refractivity contribution in [3.63, 3.8) is 0 Å². The van der Waals surface area contributed by atoms with Gasteiger partial charge in [-0.15, -0.1) is 11.3 Å². The lowest BCUT2D eigenvalue weighted by atomic mass is 10.1. The molecule has 2 N–H and O–H groups in total. The molecule has 6 heteroatoms. The molecule has 0 saturated carbocycles. The van der Waals surface area contributed by atoms with Crippen LogP contribution in [0.3, 0.4) is 0 Å². The fourth-order valence-corrected chi connectivity index (χ4v) is 3.62.